The molecule has 6 heteroatoms. The fourth-order valence-corrected chi connectivity index (χ4v) is 3.62. The number of halogens is 2. The normalized spacial score (nSPS) is 31.7. The molecule has 4 nitrogen and oxygen atoms in total. The van der Waals surface area contributed by atoms with Gasteiger partial charge < -0.3 is 14.7 Å². The summed E-state index contributed by atoms with van der Waals surface area (Å²) in [5.41, 5.74) is -0.0834. The van der Waals surface area contributed by atoms with Crippen LogP contribution < -0.4 is 0 Å². The van der Waals surface area contributed by atoms with Crippen molar-refractivity contribution in [2.45, 2.75) is 77.4 Å². The van der Waals surface area contributed by atoms with Gasteiger partial charge in [0.2, 0.25) is 0 Å². The number of carbonyl (C=O) groups excluding carboxylic acids is 1. The van der Waals surface area contributed by atoms with E-state index in [-0.39, 0.29) is 36.8 Å². The molecule has 2 rings (SSSR count). The average Bonchev–Trinajstić information content (AvgIpc) is 2.47. The Morgan fingerprint density at radius 3 is 2.61 bits per heavy atom. The highest BCUT2D eigenvalue weighted by molar-refractivity contribution is 5.68. The second kappa shape index (κ2) is 6.91. The van der Waals surface area contributed by atoms with Crippen LogP contribution in [0.15, 0.2) is 0 Å². The maximum atomic E-state index is 14.2. The average molecular weight is 333 g/mol. The number of hydrogen-bond acceptors (Lipinski definition) is 3. The molecule has 2 fully saturated rings. The zero-order valence-corrected chi connectivity index (χ0v) is 14.4. The first-order valence-corrected chi connectivity index (χ1v) is 8.61. The summed E-state index contributed by atoms with van der Waals surface area (Å²) in [5, 5.41) is 9.37. The minimum absolute atomic E-state index is 0.0834. The fourth-order valence-electron chi connectivity index (χ4n) is 3.62. The van der Waals surface area contributed by atoms with Crippen molar-refractivity contribution in [1.82, 2.24) is 4.90 Å². The molecule has 1 aliphatic heterocycles. The Kier molecular flexibility index (Phi) is 5.54. The molecule has 1 amide bonds. The molecule has 0 spiro atoms. The Morgan fingerprint density at radius 2 is 2.00 bits per heavy atom. The molecular weight excluding hydrogens is 304 g/mol. The summed E-state index contributed by atoms with van der Waals surface area (Å²) in [4.78, 5) is 13.8. The third kappa shape index (κ3) is 4.34. The van der Waals surface area contributed by atoms with E-state index >= 15 is 0 Å². The van der Waals surface area contributed by atoms with E-state index in [1.54, 1.807) is 0 Å². The maximum absolute atomic E-state index is 14.2. The summed E-state index contributed by atoms with van der Waals surface area (Å²) in [7, 11) is 0. The number of nitrogens with zero attached hydrogens (tertiary/aromatic N) is 1. The van der Waals surface area contributed by atoms with E-state index in [1.165, 1.54) is 4.90 Å². The molecule has 0 bridgehead atoms. The molecule has 1 saturated heterocycles. The Morgan fingerprint density at radius 1 is 1.30 bits per heavy atom. The van der Waals surface area contributed by atoms with Gasteiger partial charge in [-0.1, -0.05) is 20.8 Å². The van der Waals surface area contributed by atoms with Gasteiger partial charge in [0, 0.05) is 13.0 Å². The van der Waals surface area contributed by atoms with E-state index in [2.05, 4.69) is 0 Å². The number of piperidine rings is 1. The highest BCUT2D eigenvalue weighted by atomic mass is 19.3. The molecule has 0 radical (unpaired) electrons. The fraction of sp³-hybridized carbons (Fsp3) is 0.941. The van der Waals surface area contributed by atoms with Crippen LogP contribution in [0.3, 0.4) is 0 Å². The van der Waals surface area contributed by atoms with Gasteiger partial charge in [-0.2, -0.15) is 0 Å². The topological polar surface area (TPSA) is 49.8 Å². The second-order valence-corrected chi connectivity index (χ2v) is 8.00. The Bertz CT molecular complexity index is 423. The van der Waals surface area contributed by atoms with Gasteiger partial charge >= 0.3 is 6.09 Å². The van der Waals surface area contributed by atoms with Crippen molar-refractivity contribution >= 4 is 6.09 Å². The highest BCUT2D eigenvalue weighted by Crippen LogP contribution is 2.45. The van der Waals surface area contributed by atoms with Gasteiger partial charge in [0.25, 0.3) is 5.92 Å². The lowest BCUT2D eigenvalue weighted by molar-refractivity contribution is -0.157. The van der Waals surface area contributed by atoms with Crippen LogP contribution in [-0.2, 0) is 4.74 Å². The lowest BCUT2D eigenvalue weighted by Crippen LogP contribution is -2.51. The summed E-state index contributed by atoms with van der Waals surface area (Å²) in [6.07, 6.45) is 0.774. The summed E-state index contributed by atoms with van der Waals surface area (Å²) in [6, 6.07) is -0.313. The summed E-state index contributed by atoms with van der Waals surface area (Å²) in [5.74, 6) is -2.86. The minimum Gasteiger partial charge on any atom is -0.440 e. The zero-order valence-electron chi connectivity index (χ0n) is 14.4. The Hall–Kier alpha value is -0.910. The smallest absolute Gasteiger partial charge is 0.410 e. The number of likely N-dealkylation sites (tertiary alicyclic amines) is 1. The number of aliphatic hydroxyl groups excluding tert-OH is 1. The van der Waals surface area contributed by atoms with Crippen molar-refractivity contribution in [2.24, 2.45) is 11.3 Å². The second-order valence-electron chi connectivity index (χ2n) is 8.00. The van der Waals surface area contributed by atoms with Crippen molar-refractivity contribution < 1.29 is 23.4 Å². The third-order valence-corrected chi connectivity index (χ3v) is 5.34. The number of alkyl halides is 2. The largest absolute Gasteiger partial charge is 0.440 e. The van der Waals surface area contributed by atoms with Gasteiger partial charge in [-0.25, -0.2) is 13.6 Å². The number of hydrogen-bond donors (Lipinski definition) is 1. The van der Waals surface area contributed by atoms with Crippen molar-refractivity contribution in [1.29, 1.82) is 0 Å². The van der Waals surface area contributed by atoms with Gasteiger partial charge in [-0.15, -0.1) is 0 Å². The van der Waals surface area contributed by atoms with Gasteiger partial charge in [0.05, 0.1) is 12.6 Å². The monoisotopic (exact) mass is 333 g/mol. The Balaban J connectivity index is 2.04. The molecular formula is C17H29F2NO3. The molecule has 1 N–H and O–H groups in total. The third-order valence-electron chi connectivity index (χ3n) is 5.34. The molecule has 23 heavy (non-hydrogen) atoms. The van der Waals surface area contributed by atoms with Crippen LogP contribution >= 0.6 is 0 Å². The van der Waals surface area contributed by atoms with Gasteiger partial charge in [-0.05, 0) is 43.4 Å². The van der Waals surface area contributed by atoms with E-state index in [0.29, 0.717) is 19.4 Å². The van der Waals surface area contributed by atoms with Crippen LogP contribution in [0.25, 0.3) is 0 Å². The van der Waals surface area contributed by atoms with Crippen LogP contribution in [0, 0.1) is 11.3 Å². The van der Waals surface area contributed by atoms with Crippen LogP contribution in [0.5, 0.6) is 0 Å². The summed E-state index contributed by atoms with van der Waals surface area (Å²) >= 11 is 0. The van der Waals surface area contributed by atoms with Crippen LogP contribution in [0.1, 0.15) is 59.3 Å². The molecule has 1 saturated carbocycles. The molecule has 3 atom stereocenters. The van der Waals surface area contributed by atoms with Crippen molar-refractivity contribution in [3.63, 3.8) is 0 Å². The van der Waals surface area contributed by atoms with E-state index in [4.69, 9.17) is 4.74 Å². The number of rotatable bonds is 2. The van der Waals surface area contributed by atoms with Gasteiger partial charge in [-0.3, -0.25) is 0 Å². The van der Waals surface area contributed by atoms with Crippen molar-refractivity contribution in [3.8, 4) is 0 Å². The molecule has 2 aliphatic rings. The predicted octanol–water partition coefficient (Wildman–Crippen LogP) is 3.82. The van der Waals surface area contributed by atoms with E-state index in [1.807, 2.05) is 20.8 Å². The zero-order chi connectivity index (χ0) is 17.3. The van der Waals surface area contributed by atoms with Crippen LogP contribution in [-0.4, -0.2) is 47.3 Å². The number of ether oxygens (including phenoxy) is 1. The van der Waals surface area contributed by atoms with Gasteiger partial charge in [0.15, 0.2) is 6.10 Å². The van der Waals surface area contributed by atoms with Crippen LogP contribution in [0.4, 0.5) is 13.6 Å². The Labute approximate surface area is 137 Å². The molecule has 134 valence electrons. The molecule has 0 aromatic rings. The lowest BCUT2D eigenvalue weighted by Gasteiger charge is -2.42. The quantitative estimate of drug-likeness (QED) is 0.836. The minimum atomic E-state index is -2.97. The maximum Gasteiger partial charge on any atom is 0.410 e. The number of amides is 1. The van der Waals surface area contributed by atoms with E-state index in [0.717, 1.165) is 12.8 Å². The molecule has 0 aromatic heterocycles. The standard InChI is InChI=1S/C17H29F2NO3/c1-16(2,3)12-7-8-17(18,19)14(10-12)23-15(22)20-9-5-4-6-13(20)11-21/h12-14,21H,4-11H2,1-3H3. The van der Waals surface area contributed by atoms with Crippen molar-refractivity contribution in [3.05, 3.63) is 0 Å². The number of aliphatic hydroxyl groups is 1. The van der Waals surface area contributed by atoms with E-state index in [9.17, 15) is 18.7 Å². The highest BCUT2D eigenvalue weighted by Gasteiger charge is 2.49. The van der Waals surface area contributed by atoms with Gasteiger partial charge in [0.1, 0.15) is 0 Å². The van der Waals surface area contributed by atoms with Crippen molar-refractivity contribution in [2.75, 3.05) is 13.2 Å². The first-order chi connectivity index (χ1) is 10.6. The summed E-state index contributed by atoms with van der Waals surface area (Å²) in [6.45, 7) is 6.41. The first-order valence-electron chi connectivity index (χ1n) is 8.61. The molecule has 3 unspecified atom stereocenters. The first kappa shape index (κ1) is 18.4. The number of carbonyl (C=O) groups is 1. The lowest BCUT2D eigenvalue weighted by atomic mass is 9.70. The molecule has 1 aliphatic carbocycles. The van der Waals surface area contributed by atoms with E-state index < -0.39 is 18.1 Å². The molecule has 0 aromatic carbocycles. The predicted molar refractivity (Wildman–Crippen MR) is 83.4 cm³/mol. The van der Waals surface area contributed by atoms with Crippen LogP contribution in [0.2, 0.25) is 0 Å². The molecule has 1 heterocycles. The SMILES string of the molecule is CC(C)(C)C1CCC(F)(F)C(OC(=O)N2CCCCC2CO)C1. The summed E-state index contributed by atoms with van der Waals surface area (Å²) < 4.78 is 33.6.